The third-order valence-electron chi connectivity index (χ3n) is 4.27. The maximum atomic E-state index is 9.10. The van der Waals surface area contributed by atoms with E-state index in [9.17, 15) is 0 Å². The summed E-state index contributed by atoms with van der Waals surface area (Å²) >= 11 is 12.3. The van der Waals surface area contributed by atoms with Crippen LogP contribution >= 0.6 is 23.2 Å². The van der Waals surface area contributed by atoms with E-state index in [-0.39, 0.29) is 0 Å². The number of aromatic nitrogens is 3. The van der Waals surface area contributed by atoms with E-state index in [0.717, 1.165) is 35.8 Å². The van der Waals surface area contributed by atoms with Gasteiger partial charge in [0.2, 0.25) is 0 Å². The summed E-state index contributed by atoms with van der Waals surface area (Å²) in [7, 11) is 0. The van der Waals surface area contributed by atoms with Crippen LogP contribution in [0.15, 0.2) is 59.1 Å². The van der Waals surface area contributed by atoms with Crippen LogP contribution in [-0.2, 0) is 22.6 Å². The molecular formula is C21H18Cl2N4O5. The summed E-state index contributed by atoms with van der Waals surface area (Å²) in [5.74, 6) is -1.18. The van der Waals surface area contributed by atoms with Crippen molar-refractivity contribution in [1.29, 1.82) is 0 Å². The molecule has 3 heterocycles. The Kier molecular flexibility index (Phi) is 7.82. The van der Waals surface area contributed by atoms with Crippen molar-refractivity contribution in [2.24, 2.45) is 0 Å². The number of fused-ring (bicyclic) bond motifs is 1. The highest BCUT2D eigenvalue weighted by Gasteiger charge is 2.11. The second-order valence-corrected chi connectivity index (χ2v) is 7.23. The topological polar surface area (TPSA) is 130 Å². The van der Waals surface area contributed by atoms with Crippen LogP contribution in [-0.4, -0.2) is 43.3 Å². The van der Waals surface area contributed by atoms with Crippen molar-refractivity contribution in [2.75, 3.05) is 6.54 Å². The second kappa shape index (κ2) is 10.8. The Morgan fingerprint density at radius 1 is 1.00 bits per heavy atom. The van der Waals surface area contributed by atoms with Crippen LogP contribution in [0.5, 0.6) is 0 Å². The lowest BCUT2D eigenvalue weighted by atomic mass is 10.2. The summed E-state index contributed by atoms with van der Waals surface area (Å²) in [5, 5.41) is 27.5. The number of pyridine rings is 1. The highest BCUT2D eigenvalue weighted by molar-refractivity contribution is 6.43. The van der Waals surface area contributed by atoms with E-state index in [1.807, 2.05) is 53.1 Å². The van der Waals surface area contributed by atoms with Crippen LogP contribution in [0.3, 0.4) is 0 Å². The van der Waals surface area contributed by atoms with Crippen molar-refractivity contribution in [3.8, 4) is 11.3 Å². The molecule has 0 aliphatic carbocycles. The van der Waals surface area contributed by atoms with Crippen molar-refractivity contribution >= 4 is 40.8 Å². The number of hydrogen-bond donors (Lipinski definition) is 3. The Balaban J connectivity index is 0.000000427. The van der Waals surface area contributed by atoms with Gasteiger partial charge in [0.1, 0.15) is 17.3 Å². The van der Waals surface area contributed by atoms with E-state index in [1.165, 1.54) is 0 Å². The largest absolute Gasteiger partial charge is 0.473 e. The Bertz CT molecular complexity index is 1230. The molecule has 0 radical (unpaired) electrons. The van der Waals surface area contributed by atoms with E-state index in [2.05, 4.69) is 15.5 Å². The fourth-order valence-electron chi connectivity index (χ4n) is 2.78. The van der Waals surface area contributed by atoms with Gasteiger partial charge in [-0.25, -0.2) is 9.59 Å². The number of carbonyl (C=O) groups is 2. The lowest BCUT2D eigenvalue weighted by Gasteiger charge is -2.04. The van der Waals surface area contributed by atoms with Gasteiger partial charge < -0.3 is 19.9 Å². The van der Waals surface area contributed by atoms with Crippen LogP contribution < -0.4 is 5.32 Å². The molecule has 0 amide bonds. The number of rotatable bonds is 6. The van der Waals surface area contributed by atoms with Gasteiger partial charge >= 0.3 is 11.9 Å². The predicted octanol–water partition coefficient (Wildman–Crippen LogP) is 3.78. The fourth-order valence-corrected chi connectivity index (χ4v) is 3.18. The first kappa shape index (κ1) is 23.3. The van der Waals surface area contributed by atoms with Crippen molar-refractivity contribution < 1.29 is 24.2 Å². The average molecular weight is 477 g/mol. The quantitative estimate of drug-likeness (QED) is 0.283. The van der Waals surface area contributed by atoms with E-state index in [4.69, 9.17) is 47.4 Å². The molecule has 32 heavy (non-hydrogen) atoms. The zero-order chi connectivity index (χ0) is 23.1. The molecule has 0 aliphatic rings. The number of nitrogens with one attached hydrogen (secondary N) is 1. The van der Waals surface area contributed by atoms with Crippen molar-refractivity contribution in [3.05, 3.63) is 76.4 Å². The van der Waals surface area contributed by atoms with Crippen molar-refractivity contribution in [2.45, 2.75) is 13.0 Å². The summed E-state index contributed by atoms with van der Waals surface area (Å²) in [6, 6.07) is 15.2. The number of furan rings is 1. The van der Waals surface area contributed by atoms with E-state index in [0.29, 0.717) is 22.4 Å². The van der Waals surface area contributed by atoms with Gasteiger partial charge in [-0.05, 0) is 36.4 Å². The summed E-state index contributed by atoms with van der Waals surface area (Å²) in [4.78, 5) is 18.2. The summed E-state index contributed by atoms with van der Waals surface area (Å²) in [6.07, 6.45) is 2.75. The van der Waals surface area contributed by atoms with E-state index < -0.39 is 11.9 Å². The van der Waals surface area contributed by atoms with Gasteiger partial charge in [-0.1, -0.05) is 35.3 Å². The number of nitrogens with zero attached hydrogens (tertiary/aromatic N) is 3. The Hall–Kier alpha value is -3.40. The molecule has 166 valence electrons. The first-order valence-corrected chi connectivity index (χ1v) is 10.1. The van der Waals surface area contributed by atoms with Crippen LogP contribution in [0, 0.1) is 0 Å². The average Bonchev–Trinajstić information content (AvgIpc) is 3.41. The zero-order valence-corrected chi connectivity index (χ0v) is 18.0. The van der Waals surface area contributed by atoms with Gasteiger partial charge in [-0.15, -0.1) is 10.2 Å². The second-order valence-electron chi connectivity index (χ2n) is 6.45. The smallest absolute Gasteiger partial charge is 0.414 e. The molecule has 3 N–H and O–H groups in total. The Morgan fingerprint density at radius 3 is 2.53 bits per heavy atom. The molecule has 0 bridgehead atoms. The normalized spacial score (nSPS) is 10.6. The maximum absolute atomic E-state index is 9.10. The molecule has 4 rings (SSSR count). The SMILES string of the molecule is Clc1cccc(-c2ccc(CNCCc3nnc4ccccn34)o2)c1Cl.O=C(O)C(=O)O. The third kappa shape index (κ3) is 5.85. The highest BCUT2D eigenvalue weighted by atomic mass is 35.5. The van der Waals surface area contributed by atoms with Crippen LogP contribution in [0.1, 0.15) is 11.6 Å². The molecule has 0 saturated heterocycles. The third-order valence-corrected chi connectivity index (χ3v) is 5.09. The van der Waals surface area contributed by atoms with E-state index >= 15 is 0 Å². The van der Waals surface area contributed by atoms with Gasteiger partial charge in [0.25, 0.3) is 0 Å². The van der Waals surface area contributed by atoms with Crippen molar-refractivity contribution in [1.82, 2.24) is 19.9 Å². The molecule has 0 atom stereocenters. The molecular weight excluding hydrogens is 459 g/mol. The van der Waals surface area contributed by atoms with Crippen LogP contribution in [0.25, 0.3) is 17.0 Å². The Labute approximate surface area is 192 Å². The molecule has 4 aromatic rings. The molecule has 0 unspecified atom stereocenters. The summed E-state index contributed by atoms with van der Waals surface area (Å²) in [6.45, 7) is 1.39. The fraction of sp³-hybridized carbons (Fsp3) is 0.143. The molecule has 0 aliphatic heterocycles. The predicted molar refractivity (Wildman–Crippen MR) is 118 cm³/mol. The highest BCUT2D eigenvalue weighted by Crippen LogP contribution is 2.34. The number of carboxylic acids is 2. The lowest BCUT2D eigenvalue weighted by molar-refractivity contribution is -0.159. The number of hydrogen-bond acceptors (Lipinski definition) is 6. The minimum Gasteiger partial charge on any atom is -0.473 e. The molecule has 0 fully saturated rings. The van der Waals surface area contributed by atoms with E-state index in [1.54, 1.807) is 6.07 Å². The van der Waals surface area contributed by atoms with Crippen LogP contribution in [0.2, 0.25) is 10.0 Å². The van der Waals surface area contributed by atoms with Gasteiger partial charge in [-0.3, -0.25) is 4.40 Å². The molecule has 0 saturated carbocycles. The number of carboxylic acid groups (broad SMARTS) is 2. The van der Waals surface area contributed by atoms with Gasteiger partial charge in [0.05, 0.1) is 16.6 Å². The van der Waals surface area contributed by atoms with Gasteiger partial charge in [0.15, 0.2) is 5.65 Å². The summed E-state index contributed by atoms with van der Waals surface area (Å²) in [5.41, 5.74) is 1.65. The summed E-state index contributed by atoms with van der Waals surface area (Å²) < 4.78 is 7.87. The first-order valence-electron chi connectivity index (χ1n) is 9.35. The molecule has 0 spiro atoms. The minimum atomic E-state index is -1.82. The first-order chi connectivity index (χ1) is 15.4. The van der Waals surface area contributed by atoms with Gasteiger partial charge in [-0.2, -0.15) is 0 Å². The lowest BCUT2D eigenvalue weighted by Crippen LogP contribution is -2.17. The minimum absolute atomic E-state index is 0.502. The van der Waals surface area contributed by atoms with Crippen LogP contribution in [0.4, 0.5) is 0 Å². The van der Waals surface area contributed by atoms with Crippen molar-refractivity contribution in [3.63, 3.8) is 0 Å². The monoisotopic (exact) mass is 476 g/mol. The molecule has 1 aromatic carbocycles. The molecule has 3 aromatic heterocycles. The number of benzene rings is 1. The standard InChI is InChI=1S/C19H16Cl2N4O.C2H2O4/c20-15-5-3-4-14(19(15)21)16-8-7-13(26-16)12-22-10-9-18-24-23-17-6-1-2-11-25(17)18;3-1(4)2(5)6/h1-8,11,22H,9-10,12H2;(H,3,4)(H,5,6). The maximum Gasteiger partial charge on any atom is 0.414 e. The zero-order valence-electron chi connectivity index (χ0n) is 16.5. The number of aliphatic carboxylic acids is 2. The molecule has 11 heteroatoms. The van der Waals surface area contributed by atoms with Gasteiger partial charge in [0, 0.05) is 24.7 Å². The molecule has 9 nitrogen and oxygen atoms in total. The Morgan fingerprint density at radius 2 is 1.78 bits per heavy atom. The number of halogens is 2.